The summed E-state index contributed by atoms with van der Waals surface area (Å²) in [6.45, 7) is 1.94. The summed E-state index contributed by atoms with van der Waals surface area (Å²) in [7, 11) is 0. The number of hydrogen-bond donors (Lipinski definition) is 1. The number of carboxylic acids is 1. The van der Waals surface area contributed by atoms with Crippen molar-refractivity contribution < 1.29 is 9.90 Å². The number of nitrogens with zero attached hydrogens (tertiary/aromatic N) is 1. The molecule has 3 aromatic rings. The molecule has 0 amide bonds. The van der Waals surface area contributed by atoms with E-state index in [1.165, 1.54) is 0 Å². The van der Waals surface area contributed by atoms with Crippen LogP contribution in [0.1, 0.15) is 24.8 Å². The average molecular weight is 291 g/mol. The Balaban J connectivity index is 1.89. The molecule has 1 aromatic heterocycles. The first-order chi connectivity index (χ1) is 10.6. The van der Waals surface area contributed by atoms with Gasteiger partial charge in [0.25, 0.3) is 0 Å². The van der Waals surface area contributed by atoms with E-state index < -0.39 is 5.97 Å². The van der Waals surface area contributed by atoms with Gasteiger partial charge >= 0.3 is 5.97 Å². The van der Waals surface area contributed by atoms with Gasteiger partial charge in [-0.1, -0.05) is 43.3 Å². The number of fused-ring (bicyclic) bond motifs is 1. The maximum Gasteiger partial charge on any atom is 0.303 e. The van der Waals surface area contributed by atoms with E-state index in [9.17, 15) is 4.79 Å². The van der Waals surface area contributed by atoms with E-state index in [0.29, 0.717) is 0 Å². The van der Waals surface area contributed by atoms with Gasteiger partial charge in [0.2, 0.25) is 0 Å². The third-order valence-electron chi connectivity index (χ3n) is 3.90. The summed E-state index contributed by atoms with van der Waals surface area (Å²) in [5, 5.41) is 9.99. The number of carboxylic acid groups (broad SMARTS) is 1. The highest BCUT2D eigenvalue weighted by Crippen LogP contribution is 2.26. The summed E-state index contributed by atoms with van der Waals surface area (Å²) in [6.07, 6.45) is 1.95. The van der Waals surface area contributed by atoms with Crippen LogP contribution < -0.4 is 0 Å². The Morgan fingerprint density at radius 3 is 2.55 bits per heavy atom. The maximum atomic E-state index is 10.8. The monoisotopic (exact) mass is 291 g/mol. The fraction of sp³-hybridized carbons (Fsp3) is 0.158. The lowest BCUT2D eigenvalue weighted by molar-refractivity contribution is -0.137. The number of aliphatic carboxylic acids is 1. The lowest BCUT2D eigenvalue weighted by atomic mass is 9.95. The normalized spacial score (nSPS) is 12.2. The van der Waals surface area contributed by atoms with Gasteiger partial charge in [-0.25, -0.2) is 0 Å². The maximum absolute atomic E-state index is 10.8. The Kier molecular flexibility index (Phi) is 3.88. The zero-order valence-corrected chi connectivity index (χ0v) is 12.4. The molecule has 0 aliphatic rings. The van der Waals surface area contributed by atoms with Crippen molar-refractivity contribution in [2.75, 3.05) is 0 Å². The van der Waals surface area contributed by atoms with Crippen LogP contribution in [0.2, 0.25) is 0 Å². The standard InChI is InChI=1S/C19H17NO2/c1-13(11-19(21)22)14-4-6-15(7-5-14)16-8-9-18-17(12-16)3-2-10-20-18/h2-10,12-13H,11H2,1H3,(H,21,22). The van der Waals surface area contributed by atoms with E-state index in [1.54, 1.807) is 6.20 Å². The lowest BCUT2D eigenvalue weighted by Gasteiger charge is -2.10. The van der Waals surface area contributed by atoms with Crippen LogP contribution >= 0.6 is 0 Å². The van der Waals surface area contributed by atoms with Crippen LogP contribution in [0.15, 0.2) is 60.8 Å². The Morgan fingerprint density at radius 2 is 1.82 bits per heavy atom. The van der Waals surface area contributed by atoms with Crippen LogP contribution in [-0.2, 0) is 4.79 Å². The number of aromatic nitrogens is 1. The van der Waals surface area contributed by atoms with Gasteiger partial charge < -0.3 is 5.11 Å². The van der Waals surface area contributed by atoms with Crippen molar-refractivity contribution in [2.24, 2.45) is 0 Å². The molecule has 0 radical (unpaired) electrons. The Labute approximate surface area is 129 Å². The number of hydrogen-bond acceptors (Lipinski definition) is 2. The van der Waals surface area contributed by atoms with Crippen molar-refractivity contribution in [3.05, 3.63) is 66.4 Å². The molecule has 1 unspecified atom stereocenters. The molecule has 0 aliphatic carbocycles. The summed E-state index contributed by atoms with van der Waals surface area (Å²) >= 11 is 0. The molecule has 0 aliphatic heterocycles. The lowest BCUT2D eigenvalue weighted by Crippen LogP contribution is -2.02. The molecule has 3 nitrogen and oxygen atoms in total. The zero-order chi connectivity index (χ0) is 15.5. The zero-order valence-electron chi connectivity index (χ0n) is 12.4. The van der Waals surface area contributed by atoms with Crippen molar-refractivity contribution in [1.82, 2.24) is 4.98 Å². The highest BCUT2D eigenvalue weighted by atomic mass is 16.4. The molecule has 110 valence electrons. The quantitative estimate of drug-likeness (QED) is 0.771. The molecule has 1 atom stereocenters. The first kappa shape index (κ1) is 14.3. The van der Waals surface area contributed by atoms with E-state index in [4.69, 9.17) is 5.11 Å². The predicted octanol–water partition coefficient (Wildman–Crippen LogP) is 4.48. The second-order valence-corrected chi connectivity index (χ2v) is 5.53. The molecule has 1 N–H and O–H groups in total. The molecule has 0 bridgehead atoms. The van der Waals surface area contributed by atoms with Crippen molar-refractivity contribution >= 4 is 16.9 Å². The second-order valence-electron chi connectivity index (χ2n) is 5.53. The summed E-state index contributed by atoms with van der Waals surface area (Å²) < 4.78 is 0. The molecular weight excluding hydrogens is 274 g/mol. The molecule has 3 rings (SSSR count). The molecule has 0 saturated heterocycles. The molecule has 0 fully saturated rings. The molecule has 3 heteroatoms. The van der Waals surface area contributed by atoms with Gasteiger partial charge in [0.05, 0.1) is 11.9 Å². The largest absolute Gasteiger partial charge is 0.481 e. The van der Waals surface area contributed by atoms with E-state index in [-0.39, 0.29) is 12.3 Å². The minimum atomic E-state index is -0.765. The molecular formula is C19H17NO2. The molecule has 1 heterocycles. The van der Waals surface area contributed by atoms with Gasteiger partial charge in [-0.3, -0.25) is 9.78 Å². The Morgan fingerprint density at radius 1 is 1.09 bits per heavy atom. The third-order valence-corrected chi connectivity index (χ3v) is 3.90. The van der Waals surface area contributed by atoms with Crippen molar-refractivity contribution in [1.29, 1.82) is 0 Å². The third kappa shape index (κ3) is 2.98. The molecule has 2 aromatic carbocycles. The van der Waals surface area contributed by atoms with Crippen LogP contribution in [-0.4, -0.2) is 16.1 Å². The minimum absolute atomic E-state index is 0.0207. The highest BCUT2D eigenvalue weighted by molar-refractivity contribution is 5.84. The summed E-state index contributed by atoms with van der Waals surface area (Å²) in [5.41, 5.74) is 4.29. The van der Waals surface area contributed by atoms with Gasteiger partial charge in [-0.05, 0) is 40.8 Å². The number of carbonyl (C=O) groups is 1. The van der Waals surface area contributed by atoms with Crippen LogP contribution in [0, 0.1) is 0 Å². The number of benzene rings is 2. The Bertz CT molecular complexity index is 809. The van der Waals surface area contributed by atoms with E-state index in [2.05, 4.69) is 23.2 Å². The molecule has 0 saturated carbocycles. The van der Waals surface area contributed by atoms with E-state index >= 15 is 0 Å². The number of rotatable bonds is 4. The predicted molar refractivity (Wildman–Crippen MR) is 87.8 cm³/mol. The molecule has 22 heavy (non-hydrogen) atoms. The smallest absolute Gasteiger partial charge is 0.303 e. The van der Waals surface area contributed by atoms with Gasteiger partial charge in [0.1, 0.15) is 0 Å². The summed E-state index contributed by atoms with van der Waals surface area (Å²) in [5.74, 6) is -0.744. The number of pyridine rings is 1. The first-order valence-electron chi connectivity index (χ1n) is 7.30. The first-order valence-corrected chi connectivity index (χ1v) is 7.30. The second kappa shape index (κ2) is 5.98. The highest BCUT2D eigenvalue weighted by Gasteiger charge is 2.10. The van der Waals surface area contributed by atoms with Crippen LogP contribution in [0.25, 0.3) is 22.0 Å². The van der Waals surface area contributed by atoms with E-state index in [1.807, 2.05) is 43.3 Å². The van der Waals surface area contributed by atoms with E-state index in [0.717, 1.165) is 27.6 Å². The van der Waals surface area contributed by atoms with Gasteiger partial charge in [-0.15, -0.1) is 0 Å². The van der Waals surface area contributed by atoms with Crippen LogP contribution in [0.3, 0.4) is 0 Å². The minimum Gasteiger partial charge on any atom is -0.481 e. The average Bonchev–Trinajstić information content (AvgIpc) is 2.54. The van der Waals surface area contributed by atoms with Crippen LogP contribution in [0.4, 0.5) is 0 Å². The fourth-order valence-electron chi connectivity index (χ4n) is 2.64. The van der Waals surface area contributed by atoms with Crippen molar-refractivity contribution in [3.8, 4) is 11.1 Å². The van der Waals surface area contributed by atoms with Crippen molar-refractivity contribution in [3.63, 3.8) is 0 Å². The fourth-order valence-corrected chi connectivity index (χ4v) is 2.64. The SMILES string of the molecule is CC(CC(=O)O)c1ccc(-c2ccc3ncccc3c2)cc1. The summed E-state index contributed by atoms with van der Waals surface area (Å²) in [4.78, 5) is 15.1. The topological polar surface area (TPSA) is 50.2 Å². The summed E-state index contributed by atoms with van der Waals surface area (Å²) in [6, 6.07) is 18.3. The van der Waals surface area contributed by atoms with Gasteiger partial charge in [-0.2, -0.15) is 0 Å². The van der Waals surface area contributed by atoms with Gasteiger partial charge in [0, 0.05) is 11.6 Å². The Hall–Kier alpha value is -2.68. The molecule has 0 spiro atoms. The van der Waals surface area contributed by atoms with Crippen LogP contribution in [0.5, 0.6) is 0 Å². The van der Waals surface area contributed by atoms with Gasteiger partial charge in [0.15, 0.2) is 0 Å². The van der Waals surface area contributed by atoms with Crippen molar-refractivity contribution in [2.45, 2.75) is 19.3 Å².